The number of ether oxygens (including phenoxy) is 3. The Morgan fingerprint density at radius 1 is 1.00 bits per heavy atom. The van der Waals surface area contributed by atoms with Crippen LogP contribution in [0.1, 0.15) is 46.6 Å². The average Bonchev–Trinajstić information content (AvgIpc) is 2.77. The molecule has 0 radical (unpaired) electrons. The maximum Gasteiger partial charge on any atom is 0.514 e. The molecule has 194 valence electrons. The number of non-ortho nitro benzene ring substituents is 1. The van der Waals surface area contributed by atoms with Crippen molar-refractivity contribution < 1.29 is 33.5 Å². The minimum atomic E-state index is -0.967. The summed E-state index contributed by atoms with van der Waals surface area (Å²) in [6, 6.07) is 10.8. The van der Waals surface area contributed by atoms with E-state index in [1.165, 1.54) is 24.3 Å². The van der Waals surface area contributed by atoms with Crippen LogP contribution >= 0.6 is 0 Å². The zero-order valence-electron chi connectivity index (χ0n) is 20.9. The molecule has 2 amide bonds. The van der Waals surface area contributed by atoms with Gasteiger partial charge in [0.2, 0.25) is 5.91 Å². The highest BCUT2D eigenvalue weighted by molar-refractivity contribution is 5.96. The highest BCUT2D eigenvalue weighted by Crippen LogP contribution is 2.18. The summed E-state index contributed by atoms with van der Waals surface area (Å²) < 4.78 is 15.3. The molecule has 0 aliphatic carbocycles. The molecule has 11 heteroatoms. The number of hydrogen-bond donors (Lipinski definition) is 2. The number of nitro benzene ring substituents is 1. The van der Waals surface area contributed by atoms with Crippen molar-refractivity contribution in [3.8, 4) is 5.75 Å². The van der Waals surface area contributed by atoms with E-state index in [1.54, 1.807) is 45.0 Å². The molecule has 2 aromatic carbocycles. The molecule has 0 unspecified atom stereocenters. The number of hydrogen-bond acceptors (Lipinski definition) is 8. The maximum atomic E-state index is 12.8. The van der Waals surface area contributed by atoms with E-state index < -0.39 is 28.8 Å². The van der Waals surface area contributed by atoms with Crippen molar-refractivity contribution in [2.75, 3.05) is 5.32 Å². The monoisotopic (exact) mass is 501 g/mol. The van der Waals surface area contributed by atoms with Crippen molar-refractivity contribution >= 4 is 29.5 Å². The molecule has 0 spiro atoms. The predicted octanol–water partition coefficient (Wildman–Crippen LogP) is 5.19. The maximum absolute atomic E-state index is 12.8. The molecule has 0 bridgehead atoms. The Hall–Kier alpha value is -4.15. The van der Waals surface area contributed by atoms with Gasteiger partial charge in [-0.2, -0.15) is 0 Å². The summed E-state index contributed by atoms with van der Waals surface area (Å²) in [4.78, 5) is 46.9. The van der Waals surface area contributed by atoms with Gasteiger partial charge < -0.3 is 24.8 Å². The van der Waals surface area contributed by atoms with E-state index in [1.807, 2.05) is 13.8 Å². The fourth-order valence-corrected chi connectivity index (χ4v) is 2.97. The fourth-order valence-electron chi connectivity index (χ4n) is 2.97. The molecule has 2 N–H and O–H groups in total. The Kier molecular flexibility index (Phi) is 9.77. The van der Waals surface area contributed by atoms with Crippen LogP contribution in [0, 0.1) is 16.0 Å². The van der Waals surface area contributed by atoms with Gasteiger partial charge in [0, 0.05) is 17.8 Å². The molecular weight excluding hydrogens is 470 g/mol. The summed E-state index contributed by atoms with van der Waals surface area (Å²) in [5.74, 6) is -0.120. The van der Waals surface area contributed by atoms with Gasteiger partial charge in [0.15, 0.2) is 0 Å². The number of rotatable bonds is 9. The first-order valence-corrected chi connectivity index (χ1v) is 11.3. The zero-order chi connectivity index (χ0) is 26.9. The normalized spacial score (nSPS) is 11.8. The number of nitrogens with zero attached hydrogens (tertiary/aromatic N) is 1. The number of nitro groups is 1. The van der Waals surface area contributed by atoms with Crippen molar-refractivity contribution in [1.82, 2.24) is 5.32 Å². The Bertz CT molecular complexity index is 1060. The summed E-state index contributed by atoms with van der Waals surface area (Å²) in [6.07, 6.45) is -1.21. The van der Waals surface area contributed by atoms with E-state index >= 15 is 0 Å². The van der Waals surface area contributed by atoms with Crippen LogP contribution in [0.25, 0.3) is 0 Å². The van der Waals surface area contributed by atoms with Crippen molar-refractivity contribution in [2.45, 2.75) is 59.3 Å². The number of alkyl carbamates (subject to hydrolysis) is 1. The molecule has 0 aliphatic rings. The lowest BCUT2D eigenvalue weighted by Crippen LogP contribution is -2.46. The Balaban J connectivity index is 1.89. The van der Waals surface area contributed by atoms with Gasteiger partial charge in [-0.05, 0) is 62.9 Å². The molecule has 2 rings (SSSR count). The second-order valence-electron chi connectivity index (χ2n) is 9.41. The molecule has 0 fully saturated rings. The van der Waals surface area contributed by atoms with Gasteiger partial charge in [-0.25, -0.2) is 9.59 Å². The number of carbonyl (C=O) groups is 3. The Labute approximate surface area is 209 Å². The summed E-state index contributed by atoms with van der Waals surface area (Å²) in [7, 11) is 0. The van der Waals surface area contributed by atoms with E-state index in [0.717, 1.165) is 0 Å². The third-order valence-corrected chi connectivity index (χ3v) is 4.54. The SMILES string of the molecule is CC(C)C[C@H](NC(=O)OC(C)(C)C)C(=O)Nc1ccc(COC(=O)Oc2ccc([N+](=O)[O-])cc2)cc1. The number of carbonyl (C=O) groups excluding carboxylic acids is 3. The standard InChI is InChI=1S/C25H31N3O8/c1-16(2)14-21(27-23(30)36-25(3,4)5)22(29)26-18-8-6-17(7-9-18)15-34-24(31)35-20-12-10-19(11-13-20)28(32)33/h6-13,16,21H,14-15H2,1-5H3,(H,26,29)(H,27,30)/t21-/m0/s1. The van der Waals surface area contributed by atoms with E-state index in [4.69, 9.17) is 14.2 Å². The van der Waals surface area contributed by atoms with E-state index in [-0.39, 0.29) is 29.9 Å². The van der Waals surface area contributed by atoms with Gasteiger partial charge in [-0.15, -0.1) is 0 Å². The highest BCUT2D eigenvalue weighted by atomic mass is 16.7. The lowest BCUT2D eigenvalue weighted by molar-refractivity contribution is -0.384. The molecule has 2 aromatic rings. The molecular formula is C25H31N3O8. The first-order valence-electron chi connectivity index (χ1n) is 11.3. The third kappa shape index (κ3) is 10.00. The minimum absolute atomic E-state index is 0.0871. The first kappa shape index (κ1) is 28.1. The first-order chi connectivity index (χ1) is 16.8. The average molecular weight is 502 g/mol. The number of anilines is 1. The smallest absolute Gasteiger partial charge is 0.444 e. The fraction of sp³-hybridized carbons (Fsp3) is 0.400. The molecule has 0 aliphatic heterocycles. The largest absolute Gasteiger partial charge is 0.514 e. The topological polar surface area (TPSA) is 146 Å². The van der Waals surface area contributed by atoms with E-state index in [0.29, 0.717) is 17.7 Å². The molecule has 0 saturated carbocycles. The van der Waals surface area contributed by atoms with Crippen LogP contribution in [0.4, 0.5) is 21.0 Å². The van der Waals surface area contributed by atoms with Gasteiger partial charge in [0.05, 0.1) is 4.92 Å². The van der Waals surface area contributed by atoms with Crippen LogP contribution in [0.3, 0.4) is 0 Å². The Morgan fingerprint density at radius 2 is 1.61 bits per heavy atom. The van der Waals surface area contributed by atoms with Gasteiger partial charge >= 0.3 is 12.2 Å². The lowest BCUT2D eigenvalue weighted by atomic mass is 10.0. The number of benzene rings is 2. The van der Waals surface area contributed by atoms with Gasteiger partial charge in [-0.1, -0.05) is 26.0 Å². The van der Waals surface area contributed by atoms with Gasteiger partial charge in [0.25, 0.3) is 5.69 Å². The summed E-state index contributed by atoms with van der Waals surface area (Å²) in [6.45, 7) is 9.02. The third-order valence-electron chi connectivity index (χ3n) is 4.54. The second kappa shape index (κ2) is 12.5. The quantitative estimate of drug-likeness (QED) is 0.207. The van der Waals surface area contributed by atoms with Crippen LogP contribution in [0.5, 0.6) is 5.75 Å². The number of nitrogens with one attached hydrogen (secondary N) is 2. The molecule has 0 saturated heterocycles. The molecule has 0 aromatic heterocycles. The summed E-state index contributed by atoms with van der Waals surface area (Å²) in [5, 5.41) is 16.1. The van der Waals surface area contributed by atoms with E-state index in [9.17, 15) is 24.5 Å². The van der Waals surface area contributed by atoms with Crippen molar-refractivity contribution in [1.29, 1.82) is 0 Å². The zero-order valence-corrected chi connectivity index (χ0v) is 20.9. The number of amides is 2. The van der Waals surface area contributed by atoms with Crippen LogP contribution in [-0.2, 0) is 20.9 Å². The predicted molar refractivity (Wildman–Crippen MR) is 132 cm³/mol. The molecule has 36 heavy (non-hydrogen) atoms. The van der Waals surface area contributed by atoms with Crippen molar-refractivity contribution in [3.05, 3.63) is 64.2 Å². The van der Waals surface area contributed by atoms with Gasteiger partial charge in [-0.3, -0.25) is 14.9 Å². The van der Waals surface area contributed by atoms with Gasteiger partial charge in [0.1, 0.15) is 24.0 Å². The van der Waals surface area contributed by atoms with Crippen LogP contribution in [-0.4, -0.2) is 34.7 Å². The molecule has 0 heterocycles. The van der Waals surface area contributed by atoms with Crippen molar-refractivity contribution in [3.63, 3.8) is 0 Å². The highest BCUT2D eigenvalue weighted by Gasteiger charge is 2.25. The molecule has 1 atom stereocenters. The molecule has 11 nitrogen and oxygen atoms in total. The van der Waals surface area contributed by atoms with Crippen LogP contribution in [0.2, 0.25) is 0 Å². The van der Waals surface area contributed by atoms with Crippen LogP contribution in [0.15, 0.2) is 48.5 Å². The Morgan fingerprint density at radius 3 is 2.14 bits per heavy atom. The summed E-state index contributed by atoms with van der Waals surface area (Å²) in [5.41, 5.74) is 0.324. The van der Waals surface area contributed by atoms with Crippen LogP contribution < -0.4 is 15.4 Å². The second-order valence-corrected chi connectivity index (χ2v) is 9.41. The summed E-state index contributed by atoms with van der Waals surface area (Å²) >= 11 is 0. The van der Waals surface area contributed by atoms with Crippen molar-refractivity contribution in [2.24, 2.45) is 5.92 Å². The van der Waals surface area contributed by atoms with E-state index in [2.05, 4.69) is 10.6 Å². The lowest BCUT2D eigenvalue weighted by Gasteiger charge is -2.24. The minimum Gasteiger partial charge on any atom is -0.444 e.